The van der Waals surface area contributed by atoms with Gasteiger partial charge in [-0.1, -0.05) is 0 Å². The van der Waals surface area contributed by atoms with Crippen molar-refractivity contribution in [2.75, 3.05) is 0 Å². The number of hydrogen-bond acceptors (Lipinski definition) is 0. The summed E-state index contributed by atoms with van der Waals surface area (Å²) >= 11 is -2.73. The van der Waals surface area contributed by atoms with Gasteiger partial charge in [0.25, 0.3) is 0 Å². The van der Waals surface area contributed by atoms with E-state index in [1.807, 2.05) is 7.76 Å². The van der Waals surface area contributed by atoms with E-state index in [-0.39, 0.29) is 24.8 Å². The van der Waals surface area contributed by atoms with E-state index >= 15 is 0 Å². The molecule has 24 heavy (non-hydrogen) atoms. The molecule has 0 aromatic heterocycles. The summed E-state index contributed by atoms with van der Waals surface area (Å²) in [6, 6.07) is 0. The number of hydrogen-bond donors (Lipinski definition) is 0. The van der Waals surface area contributed by atoms with Crippen LogP contribution in [-0.2, 0) is 14.0 Å². The van der Waals surface area contributed by atoms with Crippen LogP contribution in [0, 0.1) is 0 Å². The van der Waals surface area contributed by atoms with Crippen LogP contribution >= 0.6 is 24.8 Å². The Labute approximate surface area is 164 Å². The first kappa shape index (κ1) is 24.5. The van der Waals surface area contributed by atoms with Gasteiger partial charge < -0.3 is 0 Å². The van der Waals surface area contributed by atoms with Crippen LogP contribution < -0.4 is 0 Å². The van der Waals surface area contributed by atoms with E-state index in [1.54, 1.807) is 22.3 Å². The zero-order valence-electron chi connectivity index (χ0n) is 16.4. The molecule has 4 heteroatoms. The summed E-state index contributed by atoms with van der Waals surface area (Å²) in [5.74, 6) is 0. The molecule has 138 valence electrons. The van der Waals surface area contributed by atoms with Gasteiger partial charge in [0.15, 0.2) is 0 Å². The molecule has 0 heterocycles. The van der Waals surface area contributed by atoms with Crippen molar-refractivity contribution < 1.29 is 14.0 Å². The quantitative estimate of drug-likeness (QED) is 0.405. The Morgan fingerprint density at radius 3 is 1.46 bits per heavy atom. The molecule has 0 radical (unpaired) electrons. The largest absolute Gasteiger partial charge is 0.147 e. The zero-order chi connectivity index (χ0) is 16.6. The Kier molecular flexibility index (Phi) is 9.09. The van der Waals surface area contributed by atoms with Gasteiger partial charge in [-0.05, 0) is 0 Å². The van der Waals surface area contributed by atoms with Gasteiger partial charge in [0, 0.05) is 0 Å². The molecule has 0 unspecified atom stereocenters. The fraction of sp³-hybridized carbons (Fsp3) is 0.600. The Bertz CT molecular complexity index is 620. The predicted molar refractivity (Wildman–Crippen MR) is 115 cm³/mol. The minimum atomic E-state index is -2.73. The fourth-order valence-electron chi connectivity index (χ4n) is 4.42. The maximum absolute atomic E-state index is 2.73. The molecule has 0 bridgehead atoms. The number of halogens is 2. The molecule has 0 aliphatic heterocycles. The van der Waals surface area contributed by atoms with Crippen LogP contribution in [0.5, 0.6) is 0 Å². The molecule has 0 atom stereocenters. The first-order chi connectivity index (χ1) is 10.2. The van der Waals surface area contributed by atoms with Gasteiger partial charge in [-0.2, -0.15) is 0 Å². The molecule has 0 N–H and O–H groups in total. The molecule has 0 fully saturated rings. The third-order valence-corrected chi connectivity index (χ3v) is 16.6. The molecule has 0 amide bonds. The van der Waals surface area contributed by atoms with Crippen LogP contribution in [0.15, 0.2) is 42.2 Å². The van der Waals surface area contributed by atoms with Gasteiger partial charge >= 0.3 is 141 Å². The molecule has 2 aliphatic carbocycles. The van der Waals surface area contributed by atoms with Crippen LogP contribution in [0.3, 0.4) is 0 Å². The minimum absolute atomic E-state index is 0. The SMILES string of the molecule is CCCC1=[C]([Ti]([CH3])([CH3])(=[SiH2])[C]2=C(CCC)C=C(C)C2)CC(C)=C1.Cl.Cl. The number of allylic oxidation sites excluding steroid dienone is 8. The van der Waals surface area contributed by atoms with Gasteiger partial charge in [0.05, 0.1) is 0 Å². The molecular formula is C20H36Cl2SiTi. The van der Waals surface area contributed by atoms with Gasteiger partial charge in [0.1, 0.15) is 0 Å². The molecule has 2 rings (SSSR count). The van der Waals surface area contributed by atoms with Crippen molar-refractivity contribution in [3.8, 4) is 0 Å². The summed E-state index contributed by atoms with van der Waals surface area (Å²) in [7, 11) is 2.41. The Morgan fingerprint density at radius 1 is 0.833 bits per heavy atom. The third-order valence-electron chi connectivity index (χ3n) is 5.50. The number of rotatable bonds is 6. The second-order valence-electron chi connectivity index (χ2n) is 8.53. The van der Waals surface area contributed by atoms with E-state index in [1.165, 1.54) is 38.5 Å². The fourth-order valence-corrected chi connectivity index (χ4v) is 14.4. The minimum Gasteiger partial charge on any atom is -0.147 e. The summed E-state index contributed by atoms with van der Waals surface area (Å²) in [5.41, 5.74) is 6.57. The van der Waals surface area contributed by atoms with Gasteiger partial charge in [-0.15, -0.1) is 24.8 Å². The Hall–Kier alpha value is 0.471. The van der Waals surface area contributed by atoms with E-state index < -0.39 is 14.0 Å². The van der Waals surface area contributed by atoms with E-state index in [9.17, 15) is 0 Å². The second kappa shape index (κ2) is 8.91. The molecule has 0 aromatic carbocycles. The van der Waals surface area contributed by atoms with E-state index in [0.717, 1.165) is 0 Å². The zero-order valence-corrected chi connectivity index (χ0v) is 21.0. The van der Waals surface area contributed by atoms with Crippen molar-refractivity contribution >= 4 is 32.4 Å². The molecular weight excluding hydrogens is 387 g/mol. The maximum atomic E-state index is 2.69. The monoisotopic (exact) mass is 422 g/mol. The molecule has 0 spiro atoms. The van der Waals surface area contributed by atoms with Crippen LogP contribution in [-0.4, -0.2) is 7.63 Å². The normalized spacial score (nSPS) is 18.3. The Balaban J connectivity index is 0.00000264. The van der Waals surface area contributed by atoms with Crippen molar-refractivity contribution in [1.82, 2.24) is 0 Å². The summed E-state index contributed by atoms with van der Waals surface area (Å²) in [6.45, 7) is 9.29. The first-order valence-electron chi connectivity index (χ1n) is 9.04. The molecule has 2 aliphatic rings. The standard InChI is InChI=1S/2C9H13.2CH3.2ClH.H2Si.Ti/c2*1-3-4-9-6-5-8(2)7-9;;;;;;/h2*7H,3-5H2,1-2H3;2*1H3;2*1H;1H2;. The van der Waals surface area contributed by atoms with Crippen molar-refractivity contribution in [3.63, 3.8) is 0 Å². The van der Waals surface area contributed by atoms with Crippen LogP contribution in [0.4, 0.5) is 0 Å². The summed E-state index contributed by atoms with van der Waals surface area (Å²) in [4.78, 5) is 0. The maximum Gasteiger partial charge on any atom is -0.147 e. The van der Waals surface area contributed by atoms with Gasteiger partial charge in [-0.3, -0.25) is 0 Å². The van der Waals surface area contributed by atoms with Crippen molar-refractivity contribution in [1.29, 1.82) is 0 Å². The third kappa shape index (κ3) is 4.80. The smallest absolute Gasteiger partial charge is 0.147 e. The topological polar surface area (TPSA) is 0 Å². The summed E-state index contributed by atoms with van der Waals surface area (Å²) < 4.78 is 3.75. The van der Waals surface area contributed by atoms with Crippen LogP contribution in [0.2, 0.25) is 10.5 Å². The predicted octanol–water partition coefficient (Wildman–Crippen LogP) is 6.97. The molecule has 0 nitrogen and oxygen atoms in total. The average molecular weight is 423 g/mol. The van der Waals surface area contributed by atoms with Gasteiger partial charge in [0.2, 0.25) is 0 Å². The van der Waals surface area contributed by atoms with Crippen molar-refractivity contribution in [2.24, 2.45) is 0 Å². The second-order valence-corrected chi connectivity index (χ2v) is 27.5. The summed E-state index contributed by atoms with van der Waals surface area (Å²) in [5, 5.41) is 5.37. The van der Waals surface area contributed by atoms with Crippen molar-refractivity contribution in [3.05, 3.63) is 42.2 Å². The van der Waals surface area contributed by atoms with E-state index in [2.05, 4.69) is 57.9 Å². The molecule has 0 saturated carbocycles. The van der Waals surface area contributed by atoms with Gasteiger partial charge in [-0.25, -0.2) is 0 Å². The first-order valence-corrected chi connectivity index (χ1v) is 17.7. The average Bonchev–Trinajstić information content (AvgIpc) is 2.95. The van der Waals surface area contributed by atoms with Crippen molar-refractivity contribution in [2.45, 2.75) is 76.7 Å². The van der Waals surface area contributed by atoms with E-state index in [0.29, 0.717) is 0 Å². The molecule has 0 aromatic rings. The summed E-state index contributed by atoms with van der Waals surface area (Å²) in [6.07, 6.45) is 12.6. The van der Waals surface area contributed by atoms with E-state index in [4.69, 9.17) is 0 Å². The van der Waals surface area contributed by atoms with Crippen LogP contribution in [0.25, 0.3) is 0 Å². The molecule has 0 saturated heterocycles. The Morgan fingerprint density at radius 2 is 1.17 bits per heavy atom. The van der Waals surface area contributed by atoms with Crippen LogP contribution in [0.1, 0.15) is 66.2 Å².